The average Bonchev–Trinajstić information content (AvgIpc) is 2.83. The predicted octanol–water partition coefficient (Wildman–Crippen LogP) is 1.43. The van der Waals surface area contributed by atoms with Crippen molar-refractivity contribution in [3.63, 3.8) is 0 Å². The number of aliphatic hydroxyl groups is 2. The van der Waals surface area contributed by atoms with Crippen molar-refractivity contribution in [2.24, 2.45) is 5.92 Å². The van der Waals surface area contributed by atoms with Crippen molar-refractivity contribution in [3.8, 4) is 0 Å². The number of hydrogen-bond donors (Lipinski definition) is 4. The summed E-state index contributed by atoms with van der Waals surface area (Å²) in [6.07, 6.45) is 0.827. The lowest BCUT2D eigenvalue weighted by atomic mass is 10.0. The van der Waals surface area contributed by atoms with E-state index in [9.17, 15) is 5.11 Å². The molecule has 1 aliphatic rings. The van der Waals surface area contributed by atoms with E-state index in [1.807, 2.05) is 13.8 Å². The number of aromatic nitrogens is 2. The van der Waals surface area contributed by atoms with Crippen LogP contribution < -0.4 is 11.1 Å². The van der Waals surface area contributed by atoms with E-state index in [0.29, 0.717) is 23.1 Å². The Morgan fingerprint density at radius 1 is 1.42 bits per heavy atom. The van der Waals surface area contributed by atoms with E-state index >= 15 is 0 Å². The standard InChI is InChI=1S/C16H28N4O3S/c1-4-7-24-16-18-10(3)13(17)15(20-16)19-11-8-12(23-6-5-21)14(22)9(11)2/h9,11-12,14,21-22H,4-8,17H2,1-3H3,(H,18,19,20)/t9-,11?,12-,14-/m0/s1. The van der Waals surface area contributed by atoms with Gasteiger partial charge in [-0.25, -0.2) is 9.97 Å². The quantitative estimate of drug-likeness (QED) is 0.409. The number of ether oxygens (including phenoxy) is 1. The maximum Gasteiger partial charge on any atom is 0.189 e. The Morgan fingerprint density at radius 3 is 2.83 bits per heavy atom. The summed E-state index contributed by atoms with van der Waals surface area (Å²) < 4.78 is 5.53. The van der Waals surface area contributed by atoms with Gasteiger partial charge in [0.15, 0.2) is 11.0 Å². The summed E-state index contributed by atoms with van der Waals surface area (Å²) in [6, 6.07) is 0.00400. The fraction of sp³-hybridized carbons (Fsp3) is 0.750. The fourth-order valence-electron chi connectivity index (χ4n) is 2.84. The summed E-state index contributed by atoms with van der Waals surface area (Å²) in [7, 11) is 0. The van der Waals surface area contributed by atoms with Gasteiger partial charge in [0.05, 0.1) is 36.8 Å². The van der Waals surface area contributed by atoms with Gasteiger partial charge in [-0.3, -0.25) is 0 Å². The van der Waals surface area contributed by atoms with Crippen LogP contribution in [0.1, 0.15) is 32.4 Å². The predicted molar refractivity (Wildman–Crippen MR) is 96.2 cm³/mol. The number of nitrogens with two attached hydrogens (primary N) is 1. The number of anilines is 2. The minimum atomic E-state index is -0.577. The van der Waals surface area contributed by atoms with E-state index in [4.69, 9.17) is 15.6 Å². The summed E-state index contributed by atoms with van der Waals surface area (Å²) >= 11 is 1.61. The molecule has 1 aromatic heterocycles. The van der Waals surface area contributed by atoms with Crippen LogP contribution in [0.15, 0.2) is 5.16 Å². The highest BCUT2D eigenvalue weighted by Gasteiger charge is 2.40. The first-order chi connectivity index (χ1) is 11.5. The van der Waals surface area contributed by atoms with Crippen molar-refractivity contribution in [2.45, 2.75) is 57.0 Å². The molecule has 24 heavy (non-hydrogen) atoms. The lowest BCUT2D eigenvalue weighted by Gasteiger charge is -2.21. The SMILES string of the molecule is CCCSc1nc(C)c(N)c(NC2C[C@H](OCCO)[C@@H](O)[C@H]2C)n1. The second-order valence-corrected chi connectivity index (χ2v) is 7.23. The monoisotopic (exact) mass is 356 g/mol. The number of nitrogens with zero attached hydrogens (tertiary/aromatic N) is 2. The molecule has 1 aromatic rings. The Morgan fingerprint density at radius 2 is 2.17 bits per heavy atom. The molecular formula is C16H28N4O3S. The molecular weight excluding hydrogens is 328 g/mol. The van der Waals surface area contributed by atoms with Crippen LogP contribution in [-0.4, -0.2) is 57.4 Å². The van der Waals surface area contributed by atoms with Gasteiger partial charge in [0.25, 0.3) is 0 Å². The maximum atomic E-state index is 10.3. The van der Waals surface area contributed by atoms with Crippen molar-refractivity contribution >= 4 is 23.3 Å². The van der Waals surface area contributed by atoms with Gasteiger partial charge >= 0.3 is 0 Å². The van der Waals surface area contributed by atoms with E-state index < -0.39 is 6.10 Å². The zero-order valence-electron chi connectivity index (χ0n) is 14.5. The van der Waals surface area contributed by atoms with Crippen LogP contribution in [-0.2, 0) is 4.74 Å². The van der Waals surface area contributed by atoms with E-state index in [1.54, 1.807) is 11.8 Å². The van der Waals surface area contributed by atoms with Gasteiger partial charge in [-0.1, -0.05) is 25.6 Å². The highest BCUT2D eigenvalue weighted by molar-refractivity contribution is 7.99. The van der Waals surface area contributed by atoms with Crippen LogP contribution in [0.25, 0.3) is 0 Å². The number of rotatable bonds is 8. The Hall–Kier alpha value is -1.09. The van der Waals surface area contributed by atoms with Crippen molar-refractivity contribution < 1.29 is 14.9 Å². The molecule has 0 aliphatic heterocycles. The number of nitrogens with one attached hydrogen (secondary N) is 1. The lowest BCUT2D eigenvalue weighted by Crippen LogP contribution is -2.30. The third-order valence-corrected chi connectivity index (χ3v) is 5.39. The molecule has 0 amide bonds. The molecule has 4 atom stereocenters. The van der Waals surface area contributed by atoms with E-state index in [-0.39, 0.29) is 31.3 Å². The van der Waals surface area contributed by atoms with E-state index in [0.717, 1.165) is 17.9 Å². The van der Waals surface area contributed by atoms with Gasteiger partial charge in [-0.2, -0.15) is 0 Å². The lowest BCUT2D eigenvalue weighted by molar-refractivity contribution is -0.0402. The Balaban J connectivity index is 2.10. The van der Waals surface area contributed by atoms with Crippen LogP contribution in [0.3, 0.4) is 0 Å². The van der Waals surface area contributed by atoms with Gasteiger partial charge in [-0.15, -0.1) is 0 Å². The molecule has 0 radical (unpaired) electrons. The van der Waals surface area contributed by atoms with Crippen molar-refractivity contribution in [1.82, 2.24) is 9.97 Å². The molecule has 7 nitrogen and oxygen atoms in total. The number of nitrogen functional groups attached to an aromatic ring is 1. The van der Waals surface area contributed by atoms with Crippen LogP contribution in [0, 0.1) is 12.8 Å². The minimum absolute atomic E-state index is 0.00400. The van der Waals surface area contributed by atoms with E-state index in [1.165, 1.54) is 0 Å². The smallest absolute Gasteiger partial charge is 0.189 e. The Labute approximate surface area is 147 Å². The van der Waals surface area contributed by atoms with Crippen molar-refractivity contribution in [3.05, 3.63) is 5.69 Å². The highest BCUT2D eigenvalue weighted by atomic mass is 32.2. The largest absolute Gasteiger partial charge is 0.394 e. The molecule has 0 spiro atoms. The summed E-state index contributed by atoms with van der Waals surface area (Å²) in [5.41, 5.74) is 7.42. The van der Waals surface area contributed by atoms with E-state index in [2.05, 4.69) is 22.2 Å². The molecule has 8 heteroatoms. The zero-order valence-corrected chi connectivity index (χ0v) is 15.3. The Bertz CT molecular complexity index is 546. The maximum absolute atomic E-state index is 10.3. The first kappa shape index (κ1) is 19.2. The van der Waals surface area contributed by atoms with Crippen LogP contribution >= 0.6 is 11.8 Å². The molecule has 2 rings (SSSR count). The minimum Gasteiger partial charge on any atom is -0.394 e. The number of aryl methyl sites for hydroxylation is 1. The topological polar surface area (TPSA) is 114 Å². The summed E-state index contributed by atoms with van der Waals surface area (Å²) in [5.74, 6) is 1.57. The molecule has 1 saturated carbocycles. The van der Waals surface area contributed by atoms with Crippen LogP contribution in [0.5, 0.6) is 0 Å². The van der Waals surface area contributed by atoms with Gasteiger partial charge in [0.2, 0.25) is 0 Å². The second-order valence-electron chi connectivity index (χ2n) is 6.17. The van der Waals surface area contributed by atoms with Crippen molar-refractivity contribution in [2.75, 3.05) is 30.0 Å². The molecule has 0 bridgehead atoms. The number of hydrogen-bond acceptors (Lipinski definition) is 8. The van der Waals surface area contributed by atoms with Gasteiger partial charge in [-0.05, 0) is 19.8 Å². The Kier molecular flexibility index (Phi) is 7.09. The molecule has 0 aromatic carbocycles. The third-order valence-electron chi connectivity index (χ3n) is 4.34. The van der Waals surface area contributed by atoms with Crippen molar-refractivity contribution in [1.29, 1.82) is 0 Å². The highest BCUT2D eigenvalue weighted by Crippen LogP contribution is 2.33. The number of thioether (sulfide) groups is 1. The average molecular weight is 356 g/mol. The third kappa shape index (κ3) is 4.50. The summed E-state index contributed by atoms with van der Waals surface area (Å²) in [5, 5.41) is 23.3. The molecule has 1 aliphatic carbocycles. The molecule has 1 unspecified atom stereocenters. The fourth-order valence-corrected chi connectivity index (χ4v) is 3.59. The summed E-state index contributed by atoms with van der Waals surface area (Å²) in [4.78, 5) is 8.95. The first-order valence-electron chi connectivity index (χ1n) is 8.41. The molecule has 0 saturated heterocycles. The summed E-state index contributed by atoms with van der Waals surface area (Å²) in [6.45, 7) is 6.14. The van der Waals surface area contributed by atoms with Crippen LogP contribution in [0.2, 0.25) is 0 Å². The molecule has 1 fully saturated rings. The van der Waals surface area contributed by atoms with Gasteiger partial charge in [0, 0.05) is 17.7 Å². The van der Waals surface area contributed by atoms with Crippen LogP contribution in [0.4, 0.5) is 11.5 Å². The molecule has 5 N–H and O–H groups in total. The van der Waals surface area contributed by atoms with Gasteiger partial charge in [0.1, 0.15) is 0 Å². The zero-order chi connectivity index (χ0) is 17.7. The molecule has 136 valence electrons. The normalized spacial score (nSPS) is 26.7. The van der Waals surface area contributed by atoms with Gasteiger partial charge < -0.3 is 26.0 Å². The number of aliphatic hydroxyl groups excluding tert-OH is 2. The molecule has 1 heterocycles. The second kappa shape index (κ2) is 8.84. The first-order valence-corrected chi connectivity index (χ1v) is 9.40.